The van der Waals surface area contributed by atoms with E-state index in [-0.39, 0.29) is 18.6 Å². The molecule has 1 N–H and O–H groups in total. The maximum Gasteiger partial charge on any atom is 0.409 e. The average molecular weight is 474 g/mol. The number of nitrogens with zero attached hydrogens (tertiary/aromatic N) is 3. The molecule has 1 saturated carbocycles. The summed E-state index contributed by atoms with van der Waals surface area (Å²) >= 11 is 0. The SMILES string of the molecule is Cc1nc(-c2onc(C)c2COC(=O)N(C)CCC(C)C)ccc1O[C@H]1CCC[C@H](C(=O)O)C1. The Morgan fingerprint density at radius 3 is 2.68 bits per heavy atom. The second-order valence-electron chi connectivity index (χ2n) is 9.46. The van der Waals surface area contributed by atoms with Crippen LogP contribution in [0.1, 0.15) is 62.9 Å². The van der Waals surface area contributed by atoms with E-state index >= 15 is 0 Å². The molecule has 0 radical (unpaired) electrons. The Morgan fingerprint density at radius 1 is 1.24 bits per heavy atom. The molecule has 186 valence electrons. The van der Waals surface area contributed by atoms with Gasteiger partial charge in [0.25, 0.3) is 0 Å². The lowest BCUT2D eigenvalue weighted by Crippen LogP contribution is -2.29. The van der Waals surface area contributed by atoms with E-state index in [9.17, 15) is 14.7 Å². The third-order valence-corrected chi connectivity index (χ3v) is 6.22. The molecule has 0 unspecified atom stereocenters. The molecule has 1 aliphatic carbocycles. The molecule has 1 amide bonds. The Bertz CT molecular complexity index is 1000. The Morgan fingerprint density at radius 2 is 2.00 bits per heavy atom. The fourth-order valence-corrected chi connectivity index (χ4v) is 4.00. The third-order valence-electron chi connectivity index (χ3n) is 6.22. The number of aliphatic carboxylic acids is 1. The molecule has 2 atom stereocenters. The molecule has 1 aliphatic rings. The molecule has 9 nitrogen and oxygen atoms in total. The highest BCUT2D eigenvalue weighted by molar-refractivity contribution is 5.70. The number of carbonyl (C=O) groups excluding carboxylic acids is 1. The number of amides is 1. The first-order chi connectivity index (χ1) is 16.2. The third kappa shape index (κ3) is 6.48. The lowest BCUT2D eigenvalue weighted by atomic mass is 9.87. The number of carboxylic acid groups (broad SMARTS) is 1. The van der Waals surface area contributed by atoms with Gasteiger partial charge in [0.15, 0.2) is 5.76 Å². The van der Waals surface area contributed by atoms with E-state index in [0.29, 0.717) is 59.5 Å². The normalized spacial score (nSPS) is 18.1. The highest BCUT2D eigenvalue weighted by atomic mass is 16.6. The van der Waals surface area contributed by atoms with E-state index in [4.69, 9.17) is 14.0 Å². The summed E-state index contributed by atoms with van der Waals surface area (Å²) in [5.74, 6) is 0.445. The van der Waals surface area contributed by atoms with E-state index in [0.717, 1.165) is 19.3 Å². The van der Waals surface area contributed by atoms with Crippen molar-refractivity contribution in [3.63, 3.8) is 0 Å². The molecule has 9 heteroatoms. The van der Waals surface area contributed by atoms with Crippen molar-refractivity contribution in [2.75, 3.05) is 13.6 Å². The van der Waals surface area contributed by atoms with Crippen LogP contribution in [0, 0.1) is 25.7 Å². The predicted molar refractivity (Wildman–Crippen MR) is 125 cm³/mol. The van der Waals surface area contributed by atoms with E-state index in [1.165, 1.54) is 0 Å². The van der Waals surface area contributed by atoms with Gasteiger partial charge in [-0.05, 0) is 64.0 Å². The zero-order valence-electron chi connectivity index (χ0n) is 20.7. The molecule has 0 spiro atoms. The van der Waals surface area contributed by atoms with Crippen molar-refractivity contribution in [1.82, 2.24) is 15.0 Å². The molecule has 2 aromatic rings. The Kier molecular flexibility index (Phi) is 8.52. The van der Waals surface area contributed by atoms with Gasteiger partial charge in [0, 0.05) is 13.6 Å². The van der Waals surface area contributed by atoms with Gasteiger partial charge in [-0.2, -0.15) is 0 Å². The second-order valence-corrected chi connectivity index (χ2v) is 9.46. The van der Waals surface area contributed by atoms with E-state index < -0.39 is 12.1 Å². The van der Waals surface area contributed by atoms with Gasteiger partial charge >= 0.3 is 12.1 Å². The number of hydrogen-bond donors (Lipinski definition) is 1. The Hall–Kier alpha value is -3.10. The number of aryl methyl sites for hydroxylation is 2. The molecule has 1 fully saturated rings. The summed E-state index contributed by atoms with van der Waals surface area (Å²) in [5.41, 5.74) is 2.54. The number of ether oxygens (including phenoxy) is 2. The maximum absolute atomic E-state index is 12.3. The van der Waals surface area contributed by atoms with Crippen molar-refractivity contribution in [1.29, 1.82) is 0 Å². The van der Waals surface area contributed by atoms with Crippen LogP contribution in [-0.2, 0) is 16.1 Å². The van der Waals surface area contributed by atoms with Crippen molar-refractivity contribution in [3.05, 3.63) is 29.1 Å². The van der Waals surface area contributed by atoms with Gasteiger partial charge in [0.1, 0.15) is 18.1 Å². The summed E-state index contributed by atoms with van der Waals surface area (Å²) < 4.78 is 17.1. The van der Waals surface area contributed by atoms with Gasteiger partial charge in [-0.25, -0.2) is 9.78 Å². The highest BCUT2D eigenvalue weighted by Gasteiger charge is 2.28. The van der Waals surface area contributed by atoms with Crippen molar-refractivity contribution in [2.24, 2.45) is 11.8 Å². The number of carboxylic acids is 1. The molecule has 2 aromatic heterocycles. The van der Waals surface area contributed by atoms with Crippen molar-refractivity contribution in [3.8, 4) is 17.2 Å². The van der Waals surface area contributed by atoms with Gasteiger partial charge in [-0.15, -0.1) is 0 Å². The number of hydrogen-bond acceptors (Lipinski definition) is 7. The minimum absolute atomic E-state index is 0.0349. The van der Waals surface area contributed by atoms with Gasteiger partial charge in [0.05, 0.1) is 29.0 Å². The molecule has 2 heterocycles. The Labute approximate surface area is 200 Å². The van der Waals surface area contributed by atoms with Gasteiger partial charge < -0.3 is 24.0 Å². The van der Waals surface area contributed by atoms with Crippen molar-refractivity contribution in [2.45, 2.75) is 72.5 Å². The largest absolute Gasteiger partial charge is 0.489 e. The van der Waals surface area contributed by atoms with Gasteiger partial charge in [-0.3, -0.25) is 4.79 Å². The van der Waals surface area contributed by atoms with Gasteiger partial charge in [-0.1, -0.05) is 19.0 Å². The van der Waals surface area contributed by atoms with Crippen molar-refractivity contribution >= 4 is 12.1 Å². The highest BCUT2D eigenvalue weighted by Crippen LogP contribution is 2.31. The van der Waals surface area contributed by atoms with E-state index in [2.05, 4.69) is 24.0 Å². The number of carbonyl (C=O) groups is 2. The molecule has 3 rings (SSSR count). The summed E-state index contributed by atoms with van der Waals surface area (Å²) in [6.45, 7) is 8.52. The molecule has 0 bridgehead atoms. The molecule has 0 aromatic carbocycles. The first kappa shape index (κ1) is 25.5. The number of pyridine rings is 1. The van der Waals surface area contributed by atoms with Crippen LogP contribution in [-0.4, -0.2) is 51.9 Å². The van der Waals surface area contributed by atoms with Crippen LogP contribution >= 0.6 is 0 Å². The molecular weight excluding hydrogens is 438 g/mol. The lowest BCUT2D eigenvalue weighted by molar-refractivity contribution is -0.143. The summed E-state index contributed by atoms with van der Waals surface area (Å²) in [6.07, 6.45) is 3.21. The quantitative estimate of drug-likeness (QED) is 0.542. The van der Waals surface area contributed by atoms with Crippen LogP contribution in [0.15, 0.2) is 16.7 Å². The van der Waals surface area contributed by atoms with Crippen LogP contribution in [0.5, 0.6) is 5.75 Å². The summed E-state index contributed by atoms with van der Waals surface area (Å²) in [6, 6.07) is 3.59. The second kappa shape index (κ2) is 11.4. The summed E-state index contributed by atoms with van der Waals surface area (Å²) in [5, 5.41) is 13.3. The number of rotatable bonds is 9. The van der Waals surface area contributed by atoms with Crippen LogP contribution in [0.25, 0.3) is 11.5 Å². The first-order valence-corrected chi connectivity index (χ1v) is 11.9. The van der Waals surface area contributed by atoms with Crippen LogP contribution in [0.3, 0.4) is 0 Å². The zero-order valence-corrected chi connectivity index (χ0v) is 20.7. The van der Waals surface area contributed by atoms with Crippen molar-refractivity contribution < 1.29 is 28.7 Å². The van der Waals surface area contributed by atoms with Crippen LogP contribution in [0.4, 0.5) is 4.79 Å². The summed E-state index contributed by atoms with van der Waals surface area (Å²) in [4.78, 5) is 29.9. The minimum atomic E-state index is -0.765. The summed E-state index contributed by atoms with van der Waals surface area (Å²) in [7, 11) is 1.72. The zero-order chi connectivity index (χ0) is 24.8. The fraction of sp³-hybridized carbons (Fsp3) is 0.600. The molecular formula is C25H35N3O6. The monoisotopic (exact) mass is 473 g/mol. The topological polar surface area (TPSA) is 115 Å². The first-order valence-electron chi connectivity index (χ1n) is 11.9. The molecule has 0 saturated heterocycles. The van der Waals surface area contributed by atoms with Crippen LogP contribution in [0.2, 0.25) is 0 Å². The number of aromatic nitrogens is 2. The maximum atomic E-state index is 12.3. The average Bonchev–Trinajstić information content (AvgIpc) is 3.17. The smallest absolute Gasteiger partial charge is 0.409 e. The lowest BCUT2D eigenvalue weighted by Gasteiger charge is -2.27. The van der Waals surface area contributed by atoms with Gasteiger partial charge in [0.2, 0.25) is 0 Å². The van der Waals surface area contributed by atoms with Crippen LogP contribution < -0.4 is 4.74 Å². The minimum Gasteiger partial charge on any atom is -0.489 e. The Balaban J connectivity index is 1.67. The van der Waals surface area contributed by atoms with E-state index in [1.54, 1.807) is 24.9 Å². The standard InChI is InChI=1S/C25H35N3O6/c1-15(2)11-12-28(5)25(31)32-14-20-16(3)27-34-23(20)21-9-10-22(17(4)26-21)33-19-8-6-7-18(13-19)24(29)30/h9-10,15,18-19H,6-8,11-14H2,1-5H3,(H,29,30)/t18-,19-/m0/s1. The predicted octanol–water partition coefficient (Wildman–Crippen LogP) is 4.99. The van der Waals surface area contributed by atoms with E-state index in [1.807, 2.05) is 13.0 Å². The molecule has 0 aliphatic heterocycles. The molecule has 34 heavy (non-hydrogen) atoms. The fourth-order valence-electron chi connectivity index (χ4n) is 4.00.